The summed E-state index contributed by atoms with van der Waals surface area (Å²) < 4.78 is 19.4. The zero-order valence-corrected chi connectivity index (χ0v) is 12.1. The molecule has 2 atom stereocenters. The van der Waals surface area contributed by atoms with Gasteiger partial charge in [0.1, 0.15) is 11.9 Å². The molecule has 1 aromatic carbocycles. The molecule has 0 spiro atoms. The SMILES string of the molecule is CCC1CCCC(OC(=O)c2cc(N)cc(C)c2F)C1. The smallest absolute Gasteiger partial charge is 0.341 e. The van der Waals surface area contributed by atoms with E-state index in [4.69, 9.17) is 10.5 Å². The number of ether oxygens (including phenoxy) is 1. The van der Waals surface area contributed by atoms with Crippen LogP contribution in [0.4, 0.5) is 10.1 Å². The fourth-order valence-corrected chi connectivity index (χ4v) is 2.88. The molecule has 0 aromatic heterocycles. The van der Waals surface area contributed by atoms with Crippen LogP contribution in [-0.2, 0) is 4.74 Å². The first-order chi connectivity index (χ1) is 9.51. The summed E-state index contributed by atoms with van der Waals surface area (Å²) in [7, 11) is 0. The van der Waals surface area contributed by atoms with Gasteiger partial charge in [-0.3, -0.25) is 0 Å². The highest BCUT2D eigenvalue weighted by Gasteiger charge is 2.25. The predicted octanol–water partition coefficient (Wildman–Crippen LogP) is 3.84. The zero-order chi connectivity index (χ0) is 14.7. The van der Waals surface area contributed by atoms with Crippen LogP contribution in [0.25, 0.3) is 0 Å². The van der Waals surface area contributed by atoms with Crippen molar-refractivity contribution in [2.24, 2.45) is 5.92 Å². The molecule has 1 aromatic rings. The number of aryl methyl sites for hydroxylation is 1. The summed E-state index contributed by atoms with van der Waals surface area (Å²) in [4.78, 5) is 12.1. The largest absolute Gasteiger partial charge is 0.459 e. The van der Waals surface area contributed by atoms with Gasteiger partial charge in [0, 0.05) is 5.69 Å². The maximum atomic E-state index is 14.0. The highest BCUT2D eigenvalue weighted by molar-refractivity contribution is 5.91. The average Bonchev–Trinajstić information content (AvgIpc) is 2.43. The number of esters is 1. The normalized spacial score (nSPS) is 22.6. The second kappa shape index (κ2) is 6.25. The van der Waals surface area contributed by atoms with Gasteiger partial charge in [-0.1, -0.05) is 19.8 Å². The van der Waals surface area contributed by atoms with Crippen molar-refractivity contribution >= 4 is 11.7 Å². The summed E-state index contributed by atoms with van der Waals surface area (Å²) in [6.45, 7) is 3.74. The van der Waals surface area contributed by atoms with Crippen molar-refractivity contribution in [2.45, 2.75) is 52.1 Å². The molecule has 4 heteroatoms. The minimum atomic E-state index is -0.598. The first-order valence-electron chi connectivity index (χ1n) is 7.27. The molecule has 0 aliphatic heterocycles. The van der Waals surface area contributed by atoms with Gasteiger partial charge < -0.3 is 10.5 Å². The minimum Gasteiger partial charge on any atom is -0.459 e. The molecule has 2 unspecified atom stereocenters. The van der Waals surface area contributed by atoms with Crippen molar-refractivity contribution in [1.82, 2.24) is 0 Å². The number of halogens is 1. The van der Waals surface area contributed by atoms with E-state index in [1.54, 1.807) is 6.92 Å². The molecule has 0 saturated heterocycles. The van der Waals surface area contributed by atoms with E-state index in [0.29, 0.717) is 17.2 Å². The standard InChI is InChI=1S/C16H22FNO2/c1-3-11-5-4-6-13(8-11)20-16(19)14-9-12(18)7-10(2)15(14)17/h7,9,11,13H,3-6,8,18H2,1-2H3. The van der Waals surface area contributed by atoms with Crippen LogP contribution in [-0.4, -0.2) is 12.1 Å². The Labute approximate surface area is 119 Å². The van der Waals surface area contributed by atoms with Crippen molar-refractivity contribution in [1.29, 1.82) is 0 Å². The number of benzene rings is 1. The molecule has 2 rings (SSSR count). The molecule has 1 fully saturated rings. The summed E-state index contributed by atoms with van der Waals surface area (Å²) in [5.74, 6) is -0.527. The molecule has 110 valence electrons. The molecule has 3 nitrogen and oxygen atoms in total. The average molecular weight is 279 g/mol. The maximum Gasteiger partial charge on any atom is 0.341 e. The third-order valence-electron chi connectivity index (χ3n) is 4.08. The van der Waals surface area contributed by atoms with Crippen molar-refractivity contribution in [3.05, 3.63) is 29.1 Å². The molecule has 0 amide bonds. The van der Waals surface area contributed by atoms with Crippen LogP contribution < -0.4 is 5.73 Å². The van der Waals surface area contributed by atoms with Gasteiger partial charge in [0.15, 0.2) is 0 Å². The van der Waals surface area contributed by atoms with Crippen LogP contribution in [0.15, 0.2) is 12.1 Å². The first-order valence-corrected chi connectivity index (χ1v) is 7.27. The van der Waals surface area contributed by atoms with Gasteiger partial charge in [-0.2, -0.15) is 0 Å². The lowest BCUT2D eigenvalue weighted by Gasteiger charge is -2.28. The van der Waals surface area contributed by atoms with E-state index in [1.807, 2.05) is 0 Å². The van der Waals surface area contributed by atoms with Gasteiger partial charge in [0.05, 0.1) is 5.56 Å². The number of nitrogen functional groups attached to an aromatic ring is 1. The Balaban J connectivity index is 2.08. The lowest BCUT2D eigenvalue weighted by molar-refractivity contribution is 0.0135. The van der Waals surface area contributed by atoms with Crippen LogP contribution in [0.5, 0.6) is 0 Å². The summed E-state index contributed by atoms with van der Waals surface area (Å²) in [6, 6.07) is 2.87. The molecule has 1 aliphatic rings. The summed E-state index contributed by atoms with van der Waals surface area (Å²) in [6.07, 6.45) is 5.00. The number of anilines is 1. The second-order valence-electron chi connectivity index (χ2n) is 5.67. The lowest BCUT2D eigenvalue weighted by atomic mass is 9.85. The number of hydrogen-bond acceptors (Lipinski definition) is 3. The molecule has 0 bridgehead atoms. The van der Waals surface area contributed by atoms with Crippen molar-refractivity contribution in [3.63, 3.8) is 0 Å². The maximum absolute atomic E-state index is 14.0. The van der Waals surface area contributed by atoms with Gasteiger partial charge in [-0.15, -0.1) is 0 Å². The Kier molecular flexibility index (Phi) is 4.63. The Hall–Kier alpha value is -1.58. The Bertz CT molecular complexity index is 501. The van der Waals surface area contributed by atoms with E-state index < -0.39 is 11.8 Å². The topological polar surface area (TPSA) is 52.3 Å². The number of carbonyl (C=O) groups is 1. The fraction of sp³-hybridized carbons (Fsp3) is 0.562. The highest BCUT2D eigenvalue weighted by atomic mass is 19.1. The van der Waals surface area contributed by atoms with Gasteiger partial charge in [0.25, 0.3) is 0 Å². The van der Waals surface area contributed by atoms with Crippen LogP contribution in [0.2, 0.25) is 0 Å². The monoisotopic (exact) mass is 279 g/mol. The number of nitrogens with two attached hydrogens (primary N) is 1. The third-order valence-corrected chi connectivity index (χ3v) is 4.08. The number of carbonyl (C=O) groups excluding carboxylic acids is 1. The van der Waals surface area contributed by atoms with Crippen molar-refractivity contribution in [2.75, 3.05) is 5.73 Å². The molecule has 0 radical (unpaired) electrons. The van der Waals surface area contributed by atoms with Crippen molar-refractivity contribution < 1.29 is 13.9 Å². The van der Waals surface area contributed by atoms with E-state index in [0.717, 1.165) is 25.7 Å². The first kappa shape index (κ1) is 14.8. The van der Waals surface area contributed by atoms with E-state index >= 15 is 0 Å². The predicted molar refractivity (Wildman–Crippen MR) is 77.0 cm³/mol. The Morgan fingerprint density at radius 1 is 1.45 bits per heavy atom. The van der Waals surface area contributed by atoms with Gasteiger partial charge in [0.2, 0.25) is 0 Å². The third kappa shape index (κ3) is 3.30. The molecule has 0 heterocycles. The second-order valence-corrected chi connectivity index (χ2v) is 5.67. The van der Waals surface area contributed by atoms with Crippen LogP contribution in [0.3, 0.4) is 0 Å². The summed E-state index contributed by atoms with van der Waals surface area (Å²) >= 11 is 0. The molecule has 20 heavy (non-hydrogen) atoms. The van der Waals surface area contributed by atoms with E-state index in [9.17, 15) is 9.18 Å². The summed E-state index contributed by atoms with van der Waals surface area (Å²) in [5.41, 5.74) is 6.36. The highest BCUT2D eigenvalue weighted by Crippen LogP contribution is 2.29. The van der Waals surface area contributed by atoms with E-state index in [1.165, 1.54) is 18.6 Å². The Morgan fingerprint density at radius 2 is 2.20 bits per heavy atom. The van der Waals surface area contributed by atoms with Gasteiger partial charge in [-0.05, 0) is 49.8 Å². The zero-order valence-electron chi connectivity index (χ0n) is 12.1. The number of hydrogen-bond donors (Lipinski definition) is 1. The molecular formula is C16H22FNO2. The quantitative estimate of drug-likeness (QED) is 0.675. The molecule has 1 aliphatic carbocycles. The van der Waals surface area contributed by atoms with Crippen molar-refractivity contribution in [3.8, 4) is 0 Å². The van der Waals surface area contributed by atoms with E-state index in [-0.39, 0.29) is 11.7 Å². The molecular weight excluding hydrogens is 257 g/mol. The van der Waals surface area contributed by atoms with Crippen LogP contribution in [0.1, 0.15) is 54.9 Å². The Morgan fingerprint density at radius 3 is 2.90 bits per heavy atom. The van der Waals surface area contributed by atoms with Gasteiger partial charge >= 0.3 is 5.97 Å². The van der Waals surface area contributed by atoms with Gasteiger partial charge in [-0.25, -0.2) is 9.18 Å². The molecule has 1 saturated carbocycles. The lowest BCUT2D eigenvalue weighted by Crippen LogP contribution is -2.26. The molecule has 2 N–H and O–H groups in total. The fourth-order valence-electron chi connectivity index (χ4n) is 2.88. The summed E-state index contributed by atoms with van der Waals surface area (Å²) in [5, 5.41) is 0. The minimum absolute atomic E-state index is 0.0545. The van der Waals surface area contributed by atoms with Crippen LogP contribution in [0, 0.1) is 18.7 Å². The van der Waals surface area contributed by atoms with E-state index in [2.05, 4.69) is 6.92 Å². The van der Waals surface area contributed by atoms with Crippen LogP contribution >= 0.6 is 0 Å². The number of rotatable bonds is 3.